The summed E-state index contributed by atoms with van der Waals surface area (Å²) in [6.07, 6.45) is 1.18. The molecule has 1 aliphatic rings. The van der Waals surface area contributed by atoms with Crippen molar-refractivity contribution >= 4 is 27.0 Å². The molecule has 90 valence electrons. The number of benzene rings is 1. The highest BCUT2D eigenvalue weighted by atomic mass is 79.9. The number of nitrogens with zero attached hydrogens (tertiary/aromatic N) is 2. The zero-order chi connectivity index (χ0) is 11.8. The zero-order valence-corrected chi connectivity index (χ0v) is 10.9. The van der Waals surface area contributed by atoms with Crippen molar-refractivity contribution in [2.24, 2.45) is 5.92 Å². The number of aromatic hydroxyl groups is 1. The van der Waals surface area contributed by atoms with E-state index in [1.807, 2.05) is 12.1 Å². The van der Waals surface area contributed by atoms with Crippen LogP contribution in [-0.2, 0) is 6.54 Å². The Hall–Kier alpha value is -1.07. The van der Waals surface area contributed by atoms with Crippen LogP contribution < -0.4 is 5.32 Å². The smallest absolute Gasteiger partial charge is 0.178 e. The van der Waals surface area contributed by atoms with E-state index >= 15 is 0 Å². The lowest BCUT2D eigenvalue weighted by Crippen LogP contribution is -2.14. The van der Waals surface area contributed by atoms with Gasteiger partial charge in [0.2, 0.25) is 0 Å². The van der Waals surface area contributed by atoms with Crippen LogP contribution in [0.5, 0.6) is 5.75 Å². The van der Waals surface area contributed by atoms with Gasteiger partial charge in [-0.1, -0.05) is 6.07 Å². The average Bonchev–Trinajstić information content (AvgIpc) is 2.89. The summed E-state index contributed by atoms with van der Waals surface area (Å²) in [4.78, 5) is 4.42. The molecule has 2 aromatic rings. The lowest BCUT2D eigenvalue weighted by atomic mass is 10.1. The summed E-state index contributed by atoms with van der Waals surface area (Å²) in [5.74, 6) is 0.912. The Bertz CT molecular complexity index is 546. The van der Waals surface area contributed by atoms with E-state index in [2.05, 4.69) is 30.8 Å². The molecule has 0 bridgehead atoms. The maximum Gasteiger partial charge on any atom is 0.178 e. The molecule has 3 rings (SSSR count). The van der Waals surface area contributed by atoms with Crippen molar-refractivity contribution in [3.8, 4) is 5.75 Å². The van der Waals surface area contributed by atoms with Gasteiger partial charge >= 0.3 is 0 Å². The van der Waals surface area contributed by atoms with Crippen LogP contribution in [-0.4, -0.2) is 27.7 Å². The number of rotatable bonds is 2. The van der Waals surface area contributed by atoms with Crippen molar-refractivity contribution in [2.75, 3.05) is 13.1 Å². The second-order valence-electron chi connectivity index (χ2n) is 4.50. The molecule has 2 heterocycles. The lowest BCUT2D eigenvalue weighted by Gasteiger charge is -2.11. The highest BCUT2D eigenvalue weighted by molar-refractivity contribution is 9.10. The van der Waals surface area contributed by atoms with Gasteiger partial charge in [-0.25, -0.2) is 4.98 Å². The second-order valence-corrected chi connectivity index (χ2v) is 5.20. The van der Waals surface area contributed by atoms with Gasteiger partial charge < -0.3 is 15.0 Å². The molecule has 1 aromatic carbocycles. The van der Waals surface area contributed by atoms with Crippen molar-refractivity contribution in [1.82, 2.24) is 14.9 Å². The normalized spacial score (nSPS) is 20.2. The molecule has 0 aliphatic carbocycles. The van der Waals surface area contributed by atoms with E-state index in [9.17, 15) is 5.11 Å². The molecule has 1 atom stereocenters. The summed E-state index contributed by atoms with van der Waals surface area (Å²) in [6.45, 7) is 3.02. The number of phenolic OH excluding ortho intramolecular Hbond substituents is 1. The van der Waals surface area contributed by atoms with Gasteiger partial charge in [0.15, 0.2) is 4.73 Å². The SMILES string of the molecule is Oc1cccc2nc(Br)n(CC3CCNC3)c12. The third kappa shape index (κ3) is 1.93. The molecule has 4 nitrogen and oxygen atoms in total. The Labute approximate surface area is 108 Å². The summed E-state index contributed by atoms with van der Waals surface area (Å²) in [5.41, 5.74) is 1.66. The molecule has 5 heteroatoms. The molecule has 17 heavy (non-hydrogen) atoms. The third-order valence-electron chi connectivity index (χ3n) is 3.30. The van der Waals surface area contributed by atoms with Crippen LogP contribution in [0.4, 0.5) is 0 Å². The van der Waals surface area contributed by atoms with E-state index in [-0.39, 0.29) is 0 Å². The molecule has 1 fully saturated rings. The van der Waals surface area contributed by atoms with E-state index in [1.54, 1.807) is 6.07 Å². The van der Waals surface area contributed by atoms with Gasteiger partial charge in [-0.2, -0.15) is 0 Å². The molecule has 1 unspecified atom stereocenters. The Morgan fingerprint density at radius 3 is 3.18 bits per heavy atom. The number of hydrogen-bond acceptors (Lipinski definition) is 3. The number of aromatic nitrogens is 2. The Balaban J connectivity index is 2.04. The summed E-state index contributed by atoms with van der Waals surface area (Å²) < 4.78 is 2.85. The fourth-order valence-corrected chi connectivity index (χ4v) is 2.95. The van der Waals surface area contributed by atoms with Gasteiger partial charge in [-0.3, -0.25) is 0 Å². The molecule has 1 aliphatic heterocycles. The summed E-state index contributed by atoms with van der Waals surface area (Å²) in [7, 11) is 0. The second kappa shape index (κ2) is 4.31. The first-order valence-corrected chi connectivity index (χ1v) is 6.59. The Morgan fingerprint density at radius 2 is 2.41 bits per heavy atom. The van der Waals surface area contributed by atoms with Crippen molar-refractivity contribution in [2.45, 2.75) is 13.0 Å². The molecule has 2 N–H and O–H groups in total. The van der Waals surface area contributed by atoms with E-state index < -0.39 is 0 Å². The van der Waals surface area contributed by atoms with Gasteiger partial charge in [0.05, 0.1) is 5.52 Å². The molecule has 0 spiro atoms. The number of nitrogens with one attached hydrogen (secondary N) is 1. The van der Waals surface area contributed by atoms with Crippen molar-refractivity contribution in [3.05, 3.63) is 22.9 Å². The predicted molar refractivity (Wildman–Crippen MR) is 70.1 cm³/mol. The summed E-state index contributed by atoms with van der Waals surface area (Å²) in [6, 6.07) is 5.45. The van der Waals surface area contributed by atoms with E-state index in [4.69, 9.17) is 0 Å². The number of fused-ring (bicyclic) bond motifs is 1. The average molecular weight is 296 g/mol. The number of hydrogen-bond donors (Lipinski definition) is 2. The van der Waals surface area contributed by atoms with Crippen LogP contribution in [0.25, 0.3) is 11.0 Å². The quantitative estimate of drug-likeness (QED) is 0.892. The zero-order valence-electron chi connectivity index (χ0n) is 9.36. The molecular formula is C12H14BrN3O. The molecule has 0 amide bonds. The van der Waals surface area contributed by atoms with E-state index in [0.717, 1.165) is 35.4 Å². The van der Waals surface area contributed by atoms with Crippen molar-refractivity contribution in [3.63, 3.8) is 0 Å². The van der Waals surface area contributed by atoms with Gasteiger partial charge in [-0.05, 0) is 53.5 Å². The number of halogens is 1. The van der Waals surface area contributed by atoms with Crippen LogP contribution in [0.2, 0.25) is 0 Å². The van der Waals surface area contributed by atoms with Crippen LogP contribution in [0.1, 0.15) is 6.42 Å². The fourth-order valence-electron chi connectivity index (χ4n) is 2.43. The van der Waals surface area contributed by atoms with E-state index in [1.165, 1.54) is 6.42 Å². The molecular weight excluding hydrogens is 282 g/mol. The summed E-state index contributed by atoms with van der Waals surface area (Å²) >= 11 is 3.47. The largest absolute Gasteiger partial charge is 0.506 e. The van der Waals surface area contributed by atoms with Gasteiger partial charge in [0.25, 0.3) is 0 Å². The highest BCUT2D eigenvalue weighted by Gasteiger charge is 2.19. The first-order valence-electron chi connectivity index (χ1n) is 5.80. The molecule has 1 saturated heterocycles. The number of imidazole rings is 1. The minimum Gasteiger partial charge on any atom is -0.506 e. The molecule has 0 saturated carbocycles. The van der Waals surface area contributed by atoms with E-state index in [0.29, 0.717) is 11.7 Å². The first-order chi connectivity index (χ1) is 8.25. The van der Waals surface area contributed by atoms with Crippen LogP contribution in [0, 0.1) is 5.92 Å². The first kappa shape index (κ1) is 11.0. The standard InChI is InChI=1S/C12H14BrN3O/c13-12-15-9-2-1-3-10(17)11(9)16(12)7-8-4-5-14-6-8/h1-3,8,14,17H,4-7H2. The lowest BCUT2D eigenvalue weighted by molar-refractivity contribution is 0.461. The fraction of sp³-hybridized carbons (Fsp3) is 0.417. The number of phenols is 1. The highest BCUT2D eigenvalue weighted by Crippen LogP contribution is 2.29. The van der Waals surface area contributed by atoms with Crippen molar-refractivity contribution < 1.29 is 5.11 Å². The van der Waals surface area contributed by atoms with Crippen molar-refractivity contribution in [1.29, 1.82) is 0 Å². The summed E-state index contributed by atoms with van der Waals surface area (Å²) in [5, 5.41) is 13.3. The minimum absolute atomic E-state index is 0.298. The van der Waals surface area contributed by atoms with Crippen LogP contribution in [0.15, 0.2) is 22.9 Å². The Kier molecular flexibility index (Phi) is 2.80. The maximum absolute atomic E-state index is 9.94. The van der Waals surface area contributed by atoms with Gasteiger partial charge in [0.1, 0.15) is 11.3 Å². The van der Waals surface area contributed by atoms with Crippen LogP contribution in [0.3, 0.4) is 0 Å². The Morgan fingerprint density at radius 1 is 1.53 bits per heavy atom. The molecule has 1 aromatic heterocycles. The maximum atomic E-state index is 9.94. The predicted octanol–water partition coefficient (Wildman–Crippen LogP) is 2.11. The van der Waals surface area contributed by atoms with Gasteiger partial charge in [0, 0.05) is 6.54 Å². The number of para-hydroxylation sites is 1. The van der Waals surface area contributed by atoms with Gasteiger partial charge in [-0.15, -0.1) is 0 Å². The van der Waals surface area contributed by atoms with Crippen LogP contribution >= 0.6 is 15.9 Å². The molecule has 0 radical (unpaired) electrons. The monoisotopic (exact) mass is 295 g/mol. The topological polar surface area (TPSA) is 50.1 Å². The minimum atomic E-state index is 0.298. The third-order valence-corrected chi connectivity index (χ3v) is 3.91.